The Hall–Kier alpha value is -4.16. The highest BCUT2D eigenvalue weighted by molar-refractivity contribution is 5.89. The summed E-state index contributed by atoms with van der Waals surface area (Å²) < 4.78 is 5.72. The summed E-state index contributed by atoms with van der Waals surface area (Å²) in [6.45, 7) is 5.92. The van der Waals surface area contributed by atoms with Crippen molar-refractivity contribution in [2.24, 2.45) is 0 Å². The highest BCUT2D eigenvalue weighted by Crippen LogP contribution is 2.46. The maximum atomic E-state index is 13.1. The zero-order valence-corrected chi connectivity index (χ0v) is 21.9. The van der Waals surface area contributed by atoms with Crippen LogP contribution in [-0.2, 0) is 12.0 Å². The van der Waals surface area contributed by atoms with Crippen LogP contribution in [0.5, 0.6) is 0 Å². The van der Waals surface area contributed by atoms with Gasteiger partial charge in [0.05, 0.1) is 29.7 Å². The summed E-state index contributed by atoms with van der Waals surface area (Å²) in [7, 11) is 0. The number of nitrogens with one attached hydrogen (secondary N) is 3. The van der Waals surface area contributed by atoms with E-state index in [4.69, 9.17) is 9.40 Å². The molecule has 1 atom stereocenters. The van der Waals surface area contributed by atoms with Crippen LogP contribution in [0.25, 0.3) is 11.3 Å². The lowest BCUT2D eigenvalue weighted by molar-refractivity contribution is 0.0894. The Morgan fingerprint density at radius 2 is 2.15 bits per heavy atom. The molecule has 12 heteroatoms. The van der Waals surface area contributed by atoms with Crippen molar-refractivity contribution in [2.75, 3.05) is 25.0 Å². The Labute approximate surface area is 225 Å². The molecule has 1 aliphatic heterocycles. The molecule has 4 aromatic rings. The Balaban J connectivity index is 1.26. The van der Waals surface area contributed by atoms with Gasteiger partial charge in [-0.05, 0) is 49.4 Å². The number of aromatic amines is 1. The van der Waals surface area contributed by atoms with Crippen molar-refractivity contribution >= 4 is 17.5 Å². The van der Waals surface area contributed by atoms with E-state index in [9.17, 15) is 9.90 Å². The molecule has 1 saturated carbocycles. The van der Waals surface area contributed by atoms with Crippen molar-refractivity contribution in [3.8, 4) is 11.3 Å². The molecular formula is C27H31N9O3. The van der Waals surface area contributed by atoms with Crippen molar-refractivity contribution in [3.05, 3.63) is 65.3 Å². The summed E-state index contributed by atoms with van der Waals surface area (Å²) in [6, 6.07) is 7.76. The lowest BCUT2D eigenvalue weighted by Gasteiger charge is -2.19. The zero-order valence-electron chi connectivity index (χ0n) is 21.9. The van der Waals surface area contributed by atoms with Gasteiger partial charge >= 0.3 is 11.8 Å². The first-order valence-corrected chi connectivity index (χ1v) is 13.1. The van der Waals surface area contributed by atoms with Gasteiger partial charge in [-0.2, -0.15) is 5.10 Å². The molecule has 39 heavy (non-hydrogen) atoms. The first-order valence-electron chi connectivity index (χ1n) is 13.1. The monoisotopic (exact) mass is 529 g/mol. The van der Waals surface area contributed by atoms with Gasteiger partial charge in [-0.25, -0.2) is 9.97 Å². The van der Waals surface area contributed by atoms with Gasteiger partial charge in [0.15, 0.2) is 0 Å². The molecule has 2 aliphatic rings. The number of aliphatic hydroxyl groups is 1. The van der Waals surface area contributed by atoms with Crippen LogP contribution in [0.2, 0.25) is 0 Å². The van der Waals surface area contributed by atoms with Crippen LogP contribution in [0.15, 0.2) is 41.1 Å². The SMILES string of the molecule is Cc1n[nH]cc1Nc1nccc(-c2ccc3c(c2)CN(CCO)CC[C@@H]3NC(=O)c2nnc(C3(C)CC3)o2)n1. The number of anilines is 2. The second-order valence-electron chi connectivity index (χ2n) is 10.5. The third-order valence-corrected chi connectivity index (χ3v) is 7.53. The van der Waals surface area contributed by atoms with Crippen molar-refractivity contribution in [1.29, 1.82) is 0 Å². The second-order valence-corrected chi connectivity index (χ2v) is 10.5. The van der Waals surface area contributed by atoms with Crippen LogP contribution in [0.3, 0.4) is 0 Å². The van der Waals surface area contributed by atoms with E-state index in [-0.39, 0.29) is 29.9 Å². The summed E-state index contributed by atoms with van der Waals surface area (Å²) in [5.74, 6) is 0.601. The number of aliphatic hydroxyl groups excluding tert-OH is 1. The third kappa shape index (κ3) is 5.25. The predicted octanol–water partition coefficient (Wildman–Crippen LogP) is 3.02. The maximum absolute atomic E-state index is 13.1. The molecule has 12 nitrogen and oxygen atoms in total. The number of β-amino-alcohol motifs (C(OH)–C–C–N with tert-alkyl or cyclic N) is 1. The number of aryl methyl sites for hydroxylation is 1. The van der Waals surface area contributed by atoms with Crippen LogP contribution in [0.1, 0.15) is 65.6 Å². The van der Waals surface area contributed by atoms with Crippen molar-refractivity contribution in [2.45, 2.75) is 51.1 Å². The Morgan fingerprint density at radius 1 is 1.28 bits per heavy atom. The maximum Gasteiger partial charge on any atom is 0.309 e. The number of aromatic nitrogens is 6. The van der Waals surface area contributed by atoms with Gasteiger partial charge in [0.2, 0.25) is 11.8 Å². The van der Waals surface area contributed by atoms with E-state index in [1.54, 1.807) is 12.4 Å². The van der Waals surface area contributed by atoms with E-state index in [1.807, 2.05) is 25.1 Å². The molecule has 4 N–H and O–H groups in total. The summed E-state index contributed by atoms with van der Waals surface area (Å²) in [4.78, 5) is 24.3. The van der Waals surface area contributed by atoms with Gasteiger partial charge in [0.25, 0.3) is 0 Å². The number of hydrogen-bond donors (Lipinski definition) is 4. The molecule has 6 rings (SSSR count). The van der Waals surface area contributed by atoms with Gasteiger partial charge in [-0.1, -0.05) is 19.1 Å². The standard InChI is InChI=1S/C27H31N9O3/c1-16-22(14-29-33-16)32-26-28-9-5-20(31-26)17-3-4-19-18(13-17)15-36(11-12-37)10-6-21(19)30-23(38)24-34-35-25(39-24)27(2)7-8-27/h3-5,9,13-14,21,37H,6-8,10-12,15H2,1-2H3,(H,29,33)(H,30,38)(H,28,31,32)/t21-/m0/s1. The highest BCUT2D eigenvalue weighted by atomic mass is 16.4. The number of amides is 1. The molecule has 3 aromatic heterocycles. The molecule has 4 heterocycles. The average Bonchev–Trinajstić information content (AvgIpc) is 3.33. The fourth-order valence-electron chi connectivity index (χ4n) is 4.88. The number of benzene rings is 1. The number of carbonyl (C=O) groups is 1. The summed E-state index contributed by atoms with van der Waals surface area (Å²) in [5.41, 5.74) is 5.30. The Morgan fingerprint density at radius 3 is 2.92 bits per heavy atom. The van der Waals surface area contributed by atoms with Crippen LogP contribution >= 0.6 is 0 Å². The van der Waals surface area contributed by atoms with Crippen LogP contribution < -0.4 is 10.6 Å². The molecule has 1 fully saturated rings. The van der Waals surface area contributed by atoms with Gasteiger partial charge in [-0.15, -0.1) is 10.2 Å². The Bertz CT molecular complexity index is 1490. The summed E-state index contributed by atoms with van der Waals surface area (Å²) >= 11 is 0. The predicted molar refractivity (Wildman–Crippen MR) is 142 cm³/mol. The van der Waals surface area contributed by atoms with Crippen LogP contribution in [0, 0.1) is 6.92 Å². The Kier molecular flexibility index (Phi) is 6.57. The van der Waals surface area contributed by atoms with Gasteiger partial charge in [0, 0.05) is 43.0 Å². The van der Waals surface area contributed by atoms with E-state index in [1.165, 1.54) is 0 Å². The largest absolute Gasteiger partial charge is 0.416 e. The smallest absolute Gasteiger partial charge is 0.309 e. The van der Waals surface area contributed by atoms with E-state index in [0.717, 1.165) is 46.6 Å². The topological polar surface area (TPSA) is 158 Å². The van der Waals surface area contributed by atoms with Crippen LogP contribution in [0.4, 0.5) is 11.6 Å². The molecule has 0 radical (unpaired) electrons. The number of H-pyrrole nitrogens is 1. The molecule has 0 unspecified atom stereocenters. The molecule has 0 bridgehead atoms. The van der Waals surface area contributed by atoms with Crippen molar-refractivity contribution < 1.29 is 14.3 Å². The fraction of sp³-hybridized carbons (Fsp3) is 0.407. The minimum Gasteiger partial charge on any atom is -0.416 e. The molecule has 0 spiro atoms. The summed E-state index contributed by atoms with van der Waals surface area (Å²) in [5, 5.41) is 31.0. The van der Waals surface area contributed by atoms with Crippen molar-refractivity contribution in [1.82, 2.24) is 40.6 Å². The molecule has 202 valence electrons. The average molecular weight is 530 g/mol. The summed E-state index contributed by atoms with van der Waals surface area (Å²) in [6.07, 6.45) is 6.14. The van der Waals surface area contributed by atoms with Gasteiger partial charge < -0.3 is 20.2 Å². The number of rotatable bonds is 8. The third-order valence-electron chi connectivity index (χ3n) is 7.53. The fourth-order valence-corrected chi connectivity index (χ4v) is 4.88. The lowest BCUT2D eigenvalue weighted by Crippen LogP contribution is -2.31. The molecule has 1 aliphatic carbocycles. The van der Waals surface area contributed by atoms with E-state index < -0.39 is 0 Å². The molecule has 0 saturated heterocycles. The molecule has 1 aromatic carbocycles. The number of carbonyl (C=O) groups excluding carboxylic acids is 1. The quantitative estimate of drug-likeness (QED) is 0.267. The minimum absolute atomic E-state index is 0.0124. The highest BCUT2D eigenvalue weighted by Gasteiger charge is 2.44. The number of fused-ring (bicyclic) bond motifs is 1. The first-order chi connectivity index (χ1) is 18.9. The van der Waals surface area contributed by atoms with E-state index >= 15 is 0 Å². The first kappa shape index (κ1) is 25.1. The lowest BCUT2D eigenvalue weighted by atomic mass is 9.96. The van der Waals surface area contributed by atoms with Crippen LogP contribution in [-0.4, -0.2) is 66.0 Å². The van der Waals surface area contributed by atoms with Crippen molar-refractivity contribution in [3.63, 3.8) is 0 Å². The number of hydrogen-bond acceptors (Lipinski definition) is 10. The van der Waals surface area contributed by atoms with Gasteiger partial charge in [-0.3, -0.25) is 14.8 Å². The van der Waals surface area contributed by atoms with Gasteiger partial charge in [0.1, 0.15) is 0 Å². The normalized spacial score (nSPS) is 18.3. The zero-order chi connectivity index (χ0) is 27.0. The van der Waals surface area contributed by atoms with E-state index in [2.05, 4.69) is 53.9 Å². The van der Waals surface area contributed by atoms with E-state index in [0.29, 0.717) is 37.9 Å². The number of nitrogens with zero attached hydrogens (tertiary/aromatic N) is 6. The molecular weight excluding hydrogens is 498 g/mol. The molecule has 1 amide bonds. The second kappa shape index (κ2) is 10.2. The minimum atomic E-state index is -0.380.